The van der Waals surface area contributed by atoms with Gasteiger partial charge in [-0.1, -0.05) is 0 Å². The van der Waals surface area contributed by atoms with E-state index in [1.165, 1.54) is 0 Å². The molecule has 1 fully saturated rings. The van der Waals surface area contributed by atoms with Crippen molar-refractivity contribution in [1.29, 1.82) is 0 Å². The van der Waals surface area contributed by atoms with Crippen LogP contribution >= 0.6 is 0 Å². The van der Waals surface area contributed by atoms with Gasteiger partial charge in [0.2, 0.25) is 5.91 Å². The highest BCUT2D eigenvalue weighted by atomic mass is 16.2. The van der Waals surface area contributed by atoms with Crippen LogP contribution in [0, 0.1) is 0 Å². The SMILES string of the molecule is CC1C(=O)NCCN1CC(=O)c1cccn1C. The van der Waals surface area contributed by atoms with E-state index in [0.717, 1.165) is 6.54 Å². The first-order valence-corrected chi connectivity index (χ1v) is 5.76. The van der Waals surface area contributed by atoms with E-state index in [1.54, 1.807) is 10.6 Å². The van der Waals surface area contributed by atoms with Crippen LogP contribution in [0.3, 0.4) is 0 Å². The van der Waals surface area contributed by atoms with Crippen LogP contribution in [0.1, 0.15) is 17.4 Å². The zero-order valence-electron chi connectivity index (χ0n) is 10.1. The predicted molar refractivity (Wildman–Crippen MR) is 63.8 cm³/mol. The summed E-state index contributed by atoms with van der Waals surface area (Å²) in [7, 11) is 1.85. The number of aryl methyl sites for hydroxylation is 1. The van der Waals surface area contributed by atoms with Crippen LogP contribution in [-0.4, -0.2) is 46.8 Å². The van der Waals surface area contributed by atoms with Gasteiger partial charge in [0.25, 0.3) is 0 Å². The van der Waals surface area contributed by atoms with Gasteiger partial charge in [-0.25, -0.2) is 0 Å². The smallest absolute Gasteiger partial charge is 0.237 e. The van der Waals surface area contributed by atoms with Crippen LogP contribution in [0.15, 0.2) is 18.3 Å². The number of amides is 1. The Morgan fingerprint density at radius 1 is 1.59 bits per heavy atom. The van der Waals surface area contributed by atoms with Gasteiger partial charge in [-0.05, 0) is 19.1 Å². The predicted octanol–water partition coefficient (Wildman–Crippen LogP) is 0.0281. The second kappa shape index (κ2) is 4.71. The van der Waals surface area contributed by atoms with Crippen molar-refractivity contribution in [1.82, 2.24) is 14.8 Å². The average molecular weight is 235 g/mol. The van der Waals surface area contributed by atoms with E-state index < -0.39 is 0 Å². The Morgan fingerprint density at radius 2 is 2.35 bits per heavy atom. The molecule has 1 aromatic rings. The summed E-state index contributed by atoms with van der Waals surface area (Å²) in [5, 5.41) is 2.78. The summed E-state index contributed by atoms with van der Waals surface area (Å²) in [4.78, 5) is 25.4. The van der Waals surface area contributed by atoms with Crippen LogP contribution in [-0.2, 0) is 11.8 Å². The van der Waals surface area contributed by atoms with E-state index in [0.29, 0.717) is 18.8 Å². The lowest BCUT2D eigenvalue weighted by atomic mass is 10.1. The quantitative estimate of drug-likeness (QED) is 0.752. The molecule has 2 heterocycles. The van der Waals surface area contributed by atoms with Gasteiger partial charge in [0.05, 0.1) is 18.3 Å². The number of piperazine rings is 1. The summed E-state index contributed by atoms with van der Waals surface area (Å²) in [5.41, 5.74) is 0.684. The zero-order valence-corrected chi connectivity index (χ0v) is 10.1. The maximum absolute atomic E-state index is 12.1. The normalized spacial score (nSPS) is 21.3. The molecule has 0 saturated carbocycles. The summed E-state index contributed by atoms with van der Waals surface area (Å²) >= 11 is 0. The summed E-state index contributed by atoms with van der Waals surface area (Å²) in [6.45, 7) is 3.46. The van der Waals surface area contributed by atoms with E-state index in [-0.39, 0.29) is 17.7 Å². The van der Waals surface area contributed by atoms with Gasteiger partial charge in [-0.15, -0.1) is 0 Å². The first-order valence-electron chi connectivity index (χ1n) is 5.76. The topological polar surface area (TPSA) is 54.3 Å². The number of rotatable bonds is 3. The van der Waals surface area contributed by atoms with Crippen molar-refractivity contribution in [2.24, 2.45) is 7.05 Å². The van der Waals surface area contributed by atoms with Gasteiger partial charge in [-0.2, -0.15) is 0 Å². The summed E-state index contributed by atoms with van der Waals surface area (Å²) < 4.78 is 1.80. The highest BCUT2D eigenvalue weighted by molar-refractivity contribution is 5.96. The molecule has 1 aromatic heterocycles. The van der Waals surface area contributed by atoms with Crippen LogP contribution in [0.5, 0.6) is 0 Å². The average Bonchev–Trinajstić information content (AvgIpc) is 2.71. The number of ketones is 1. The van der Waals surface area contributed by atoms with Gasteiger partial charge in [0, 0.05) is 26.3 Å². The standard InChI is InChI=1S/C12H17N3O2/c1-9-12(17)13-5-7-15(9)8-11(16)10-4-3-6-14(10)2/h3-4,6,9H,5,7-8H2,1-2H3,(H,13,17). The molecule has 0 radical (unpaired) electrons. The molecule has 1 unspecified atom stereocenters. The molecule has 5 nitrogen and oxygen atoms in total. The minimum absolute atomic E-state index is 0.00377. The van der Waals surface area contributed by atoms with E-state index in [4.69, 9.17) is 0 Å². The number of carbonyl (C=O) groups is 2. The number of Topliss-reactive ketones (excluding diaryl/α,β-unsaturated/α-hetero) is 1. The largest absolute Gasteiger partial charge is 0.353 e. The molecule has 17 heavy (non-hydrogen) atoms. The molecule has 92 valence electrons. The van der Waals surface area contributed by atoms with Gasteiger partial charge in [-0.3, -0.25) is 14.5 Å². The molecule has 0 spiro atoms. The van der Waals surface area contributed by atoms with Crippen molar-refractivity contribution < 1.29 is 9.59 Å². The fraction of sp³-hybridized carbons (Fsp3) is 0.500. The molecule has 1 aliphatic rings. The van der Waals surface area contributed by atoms with Crippen molar-refractivity contribution in [3.8, 4) is 0 Å². The first kappa shape index (κ1) is 11.9. The van der Waals surface area contributed by atoms with Gasteiger partial charge in [0.15, 0.2) is 5.78 Å². The van der Waals surface area contributed by atoms with E-state index in [2.05, 4.69) is 5.32 Å². The molecule has 1 N–H and O–H groups in total. The van der Waals surface area contributed by atoms with Crippen molar-refractivity contribution in [3.63, 3.8) is 0 Å². The molecule has 1 atom stereocenters. The lowest BCUT2D eigenvalue weighted by molar-refractivity contribution is -0.127. The first-order chi connectivity index (χ1) is 8.09. The Labute approximate surface area is 100 Å². The van der Waals surface area contributed by atoms with Crippen molar-refractivity contribution in [3.05, 3.63) is 24.0 Å². The lowest BCUT2D eigenvalue weighted by Crippen LogP contribution is -2.55. The second-order valence-electron chi connectivity index (χ2n) is 4.36. The highest BCUT2D eigenvalue weighted by Gasteiger charge is 2.27. The third kappa shape index (κ3) is 2.39. The maximum Gasteiger partial charge on any atom is 0.237 e. The van der Waals surface area contributed by atoms with Crippen LogP contribution in [0.25, 0.3) is 0 Å². The molecule has 5 heteroatoms. The van der Waals surface area contributed by atoms with Gasteiger partial charge in [0.1, 0.15) is 0 Å². The summed E-state index contributed by atoms with van der Waals surface area (Å²) in [6.07, 6.45) is 1.85. The van der Waals surface area contributed by atoms with E-state index in [9.17, 15) is 9.59 Å². The molecule has 0 aliphatic carbocycles. The molecule has 1 amide bonds. The Balaban J connectivity index is 2.04. The number of aromatic nitrogens is 1. The van der Waals surface area contributed by atoms with Crippen molar-refractivity contribution in [2.75, 3.05) is 19.6 Å². The number of nitrogens with one attached hydrogen (secondary N) is 1. The highest BCUT2D eigenvalue weighted by Crippen LogP contribution is 2.07. The minimum Gasteiger partial charge on any atom is -0.353 e. The Kier molecular flexibility index (Phi) is 3.28. The molecule has 0 bridgehead atoms. The number of nitrogens with zero attached hydrogens (tertiary/aromatic N) is 2. The Morgan fingerprint density at radius 3 is 3.00 bits per heavy atom. The number of hydrogen-bond donors (Lipinski definition) is 1. The minimum atomic E-state index is -0.229. The third-order valence-corrected chi connectivity index (χ3v) is 3.20. The fourth-order valence-electron chi connectivity index (χ4n) is 2.06. The van der Waals surface area contributed by atoms with Crippen LogP contribution in [0.2, 0.25) is 0 Å². The van der Waals surface area contributed by atoms with Crippen LogP contribution < -0.4 is 5.32 Å². The maximum atomic E-state index is 12.1. The summed E-state index contributed by atoms with van der Waals surface area (Å²) in [5.74, 6) is 0.0509. The monoisotopic (exact) mass is 235 g/mol. The second-order valence-corrected chi connectivity index (χ2v) is 4.36. The molecule has 0 aromatic carbocycles. The molecule has 2 rings (SSSR count). The molecular weight excluding hydrogens is 218 g/mol. The van der Waals surface area contributed by atoms with Gasteiger partial charge < -0.3 is 9.88 Å². The van der Waals surface area contributed by atoms with E-state index >= 15 is 0 Å². The lowest BCUT2D eigenvalue weighted by Gasteiger charge is -2.32. The Hall–Kier alpha value is -1.62. The van der Waals surface area contributed by atoms with Gasteiger partial charge >= 0.3 is 0 Å². The third-order valence-electron chi connectivity index (χ3n) is 3.20. The van der Waals surface area contributed by atoms with E-state index in [1.807, 2.05) is 31.1 Å². The van der Waals surface area contributed by atoms with Crippen molar-refractivity contribution >= 4 is 11.7 Å². The number of hydrogen-bond acceptors (Lipinski definition) is 3. The van der Waals surface area contributed by atoms with Crippen LogP contribution in [0.4, 0.5) is 0 Å². The zero-order chi connectivity index (χ0) is 12.4. The number of carbonyl (C=O) groups excluding carboxylic acids is 2. The summed E-state index contributed by atoms with van der Waals surface area (Å²) in [6, 6.07) is 3.42. The molecule has 1 aliphatic heterocycles. The Bertz CT molecular complexity index is 439. The van der Waals surface area contributed by atoms with Crippen molar-refractivity contribution in [2.45, 2.75) is 13.0 Å². The fourth-order valence-corrected chi connectivity index (χ4v) is 2.06. The molecular formula is C12H17N3O2. The molecule has 1 saturated heterocycles.